The minimum atomic E-state index is -0.755. The van der Waals surface area contributed by atoms with Crippen LogP contribution in [0.3, 0.4) is 0 Å². The molecule has 0 bridgehead atoms. The SMILES string of the molecule is COC(=O)c1nc(N2CCc3cccc(C(=O)Nc4nc5ccccc5s4)c3C2)sc1CCCOc1ccc(C#CC2CC(C3CN(CC(=O)O)C3)C2)cc1. The molecule has 55 heavy (non-hydrogen) atoms. The number of methoxy groups -OCH3 is 1. The fourth-order valence-electron chi connectivity index (χ4n) is 7.58. The molecule has 2 fully saturated rings. The van der Waals surface area contributed by atoms with Crippen molar-refractivity contribution in [3.63, 3.8) is 0 Å². The highest BCUT2D eigenvalue weighted by Gasteiger charge is 2.40. The van der Waals surface area contributed by atoms with E-state index in [0.29, 0.717) is 66.7 Å². The predicted molar refractivity (Wildman–Crippen MR) is 213 cm³/mol. The largest absolute Gasteiger partial charge is 0.494 e. The number of hydrogen-bond acceptors (Lipinski definition) is 11. The smallest absolute Gasteiger partial charge is 0.357 e. The fraction of sp³-hybridized carbons (Fsp3) is 0.357. The van der Waals surface area contributed by atoms with E-state index in [2.05, 4.69) is 33.1 Å². The number of ether oxygens (including phenoxy) is 2. The Morgan fingerprint density at radius 2 is 1.80 bits per heavy atom. The maximum Gasteiger partial charge on any atom is 0.357 e. The molecule has 3 aliphatic rings. The molecule has 1 aliphatic carbocycles. The lowest BCUT2D eigenvalue weighted by molar-refractivity contribution is -0.140. The van der Waals surface area contributed by atoms with Crippen LogP contribution in [0.15, 0.2) is 66.7 Å². The molecule has 13 heteroatoms. The number of nitrogens with one attached hydrogen (secondary N) is 1. The number of fused-ring (bicyclic) bond motifs is 2. The average molecular weight is 776 g/mol. The first-order chi connectivity index (χ1) is 26.8. The number of amides is 1. The van der Waals surface area contributed by atoms with Gasteiger partial charge in [-0.3, -0.25) is 19.8 Å². The summed E-state index contributed by atoms with van der Waals surface area (Å²) in [6, 6.07) is 21.5. The molecule has 282 valence electrons. The van der Waals surface area contributed by atoms with Crippen molar-refractivity contribution >= 4 is 61.0 Å². The molecule has 0 atom stereocenters. The van der Waals surface area contributed by atoms with E-state index >= 15 is 0 Å². The number of aromatic nitrogens is 2. The molecule has 0 spiro atoms. The van der Waals surface area contributed by atoms with Gasteiger partial charge >= 0.3 is 11.9 Å². The molecule has 3 aromatic carbocycles. The van der Waals surface area contributed by atoms with Gasteiger partial charge in [-0.05, 0) is 97.5 Å². The summed E-state index contributed by atoms with van der Waals surface area (Å²) in [4.78, 5) is 51.5. The van der Waals surface area contributed by atoms with Crippen molar-refractivity contribution in [3.05, 3.63) is 99.6 Å². The molecule has 11 nitrogen and oxygen atoms in total. The summed E-state index contributed by atoms with van der Waals surface area (Å²) >= 11 is 2.93. The molecule has 2 aliphatic heterocycles. The second kappa shape index (κ2) is 16.2. The van der Waals surface area contributed by atoms with Gasteiger partial charge in [-0.1, -0.05) is 47.4 Å². The zero-order valence-corrected chi connectivity index (χ0v) is 32.1. The van der Waals surface area contributed by atoms with Gasteiger partial charge in [-0.15, -0.1) is 11.3 Å². The van der Waals surface area contributed by atoms with Crippen molar-refractivity contribution in [1.82, 2.24) is 14.9 Å². The molecule has 1 amide bonds. The molecule has 1 saturated carbocycles. The average Bonchev–Trinajstić information content (AvgIpc) is 3.78. The number of anilines is 2. The van der Waals surface area contributed by atoms with Crippen LogP contribution in [0.2, 0.25) is 0 Å². The van der Waals surface area contributed by atoms with Gasteiger partial charge in [0.15, 0.2) is 16.0 Å². The number of carbonyl (C=O) groups is 3. The van der Waals surface area contributed by atoms with E-state index in [0.717, 1.165) is 75.0 Å². The monoisotopic (exact) mass is 775 g/mol. The van der Waals surface area contributed by atoms with E-state index < -0.39 is 11.9 Å². The van der Waals surface area contributed by atoms with Gasteiger partial charge in [0.2, 0.25) is 0 Å². The van der Waals surface area contributed by atoms with E-state index in [1.54, 1.807) is 0 Å². The van der Waals surface area contributed by atoms with Crippen molar-refractivity contribution in [2.75, 3.05) is 50.1 Å². The summed E-state index contributed by atoms with van der Waals surface area (Å²) < 4.78 is 12.2. The first-order valence-electron chi connectivity index (χ1n) is 18.6. The fourth-order valence-corrected chi connectivity index (χ4v) is 9.56. The summed E-state index contributed by atoms with van der Waals surface area (Å²) in [6.07, 6.45) is 4.22. The number of benzene rings is 3. The molecule has 0 radical (unpaired) electrons. The predicted octanol–water partition coefficient (Wildman–Crippen LogP) is 6.76. The third-order valence-electron chi connectivity index (χ3n) is 10.6. The second-order valence-corrected chi connectivity index (χ2v) is 16.4. The molecule has 5 aromatic rings. The van der Waals surface area contributed by atoms with E-state index in [4.69, 9.17) is 19.6 Å². The van der Waals surface area contributed by atoms with E-state index in [9.17, 15) is 14.4 Å². The van der Waals surface area contributed by atoms with Crippen LogP contribution >= 0.6 is 22.7 Å². The Morgan fingerprint density at radius 1 is 0.982 bits per heavy atom. The van der Waals surface area contributed by atoms with Crippen LogP contribution in [-0.4, -0.2) is 77.7 Å². The number of likely N-dealkylation sites (tertiary alicyclic amines) is 1. The molecule has 4 heterocycles. The molecule has 1 saturated heterocycles. The van der Waals surface area contributed by atoms with Gasteiger partial charge in [0, 0.05) is 48.1 Å². The molecule has 0 unspecified atom stereocenters. The van der Waals surface area contributed by atoms with Gasteiger partial charge in [0.05, 0.1) is 30.5 Å². The number of esters is 1. The zero-order valence-electron chi connectivity index (χ0n) is 30.5. The highest BCUT2D eigenvalue weighted by Crippen LogP contribution is 2.42. The molecule has 8 rings (SSSR count). The van der Waals surface area contributed by atoms with Crippen LogP contribution in [0.5, 0.6) is 5.75 Å². The minimum absolute atomic E-state index is 0.143. The Morgan fingerprint density at radius 3 is 2.58 bits per heavy atom. The highest BCUT2D eigenvalue weighted by atomic mass is 32.1. The van der Waals surface area contributed by atoms with Crippen LogP contribution < -0.4 is 15.0 Å². The Hall–Kier alpha value is -5.29. The summed E-state index contributed by atoms with van der Waals surface area (Å²) in [5.74, 6) is 7.73. The molecular weight excluding hydrogens is 735 g/mol. The lowest BCUT2D eigenvalue weighted by Crippen LogP contribution is -2.53. The third-order valence-corrected chi connectivity index (χ3v) is 12.8. The van der Waals surface area contributed by atoms with E-state index in [1.165, 1.54) is 29.8 Å². The summed E-state index contributed by atoms with van der Waals surface area (Å²) in [5, 5.41) is 13.2. The highest BCUT2D eigenvalue weighted by molar-refractivity contribution is 7.22. The number of rotatable bonds is 12. The summed E-state index contributed by atoms with van der Waals surface area (Å²) in [5.41, 5.74) is 4.80. The number of carboxylic acids is 1. The minimum Gasteiger partial charge on any atom is -0.494 e. The Balaban J connectivity index is 0.839. The quantitative estimate of drug-likeness (QED) is 0.0796. The zero-order chi connectivity index (χ0) is 37.9. The maximum absolute atomic E-state index is 13.5. The topological polar surface area (TPSA) is 134 Å². The van der Waals surface area contributed by atoms with Crippen molar-refractivity contribution < 1.29 is 29.0 Å². The van der Waals surface area contributed by atoms with Crippen LogP contribution in [0.25, 0.3) is 10.2 Å². The summed E-state index contributed by atoms with van der Waals surface area (Å²) in [7, 11) is 1.37. The van der Waals surface area contributed by atoms with Crippen molar-refractivity contribution in [2.24, 2.45) is 17.8 Å². The Kier molecular flexibility index (Phi) is 10.8. The van der Waals surface area contributed by atoms with Crippen molar-refractivity contribution in [3.8, 4) is 17.6 Å². The van der Waals surface area contributed by atoms with Gasteiger partial charge < -0.3 is 19.5 Å². The number of carbonyl (C=O) groups excluding carboxylic acids is 2. The normalized spacial score (nSPS) is 18.0. The lowest BCUT2D eigenvalue weighted by atomic mass is 9.66. The first kappa shape index (κ1) is 36.7. The number of thiazole rings is 2. The lowest BCUT2D eigenvalue weighted by Gasteiger charge is -2.47. The van der Waals surface area contributed by atoms with Gasteiger partial charge in [0.25, 0.3) is 5.91 Å². The number of aliphatic carboxylic acids is 1. The molecular formula is C42H41N5O6S2. The number of carboxylic acid groups (broad SMARTS) is 1. The van der Waals surface area contributed by atoms with E-state index in [1.807, 2.05) is 65.6 Å². The maximum atomic E-state index is 13.5. The van der Waals surface area contributed by atoms with Gasteiger partial charge in [-0.25, -0.2) is 14.8 Å². The summed E-state index contributed by atoms with van der Waals surface area (Å²) in [6.45, 7) is 3.60. The molecule has 2 N–H and O–H groups in total. The van der Waals surface area contributed by atoms with Gasteiger partial charge in [-0.2, -0.15) is 0 Å². The molecule has 2 aromatic heterocycles. The Bertz CT molecular complexity index is 2250. The number of aryl methyl sites for hydroxylation is 1. The first-order valence-corrected chi connectivity index (χ1v) is 20.2. The van der Waals surface area contributed by atoms with Crippen molar-refractivity contribution in [2.45, 2.75) is 38.6 Å². The van der Waals surface area contributed by atoms with Crippen molar-refractivity contribution in [1.29, 1.82) is 0 Å². The van der Waals surface area contributed by atoms with Crippen LogP contribution in [-0.2, 0) is 28.9 Å². The second-order valence-electron chi connectivity index (χ2n) is 14.3. The number of para-hydroxylation sites is 1. The number of hydrogen-bond donors (Lipinski definition) is 2. The van der Waals surface area contributed by atoms with Crippen LogP contribution in [0.1, 0.15) is 61.7 Å². The standard InChI is InChI=1S/C42H41N5O6S2/c1-52-40(51)38-36(10-5-19-53-31-15-13-26(14-16-31)11-12-27-20-29(21-27)30-22-46(23-30)25-37(48)49)55-42(44-38)47-18-17-28-6-4-7-32(33(28)24-47)39(50)45-41-43-34-8-2-3-9-35(34)54-41/h2-4,6-9,13-16,27,29-30H,5,10,17-25H2,1H3,(H,48,49)(H,43,45,50). The van der Waals surface area contributed by atoms with Crippen LogP contribution in [0.4, 0.5) is 10.3 Å². The Labute approximate surface area is 327 Å². The third kappa shape index (κ3) is 8.37. The van der Waals surface area contributed by atoms with E-state index in [-0.39, 0.29) is 12.5 Å². The van der Waals surface area contributed by atoms with Crippen LogP contribution in [0, 0.1) is 29.6 Å². The van der Waals surface area contributed by atoms with Gasteiger partial charge in [0.1, 0.15) is 5.75 Å². The number of nitrogens with zero attached hydrogens (tertiary/aromatic N) is 4.